The number of aromatic nitrogens is 1. The van der Waals surface area contributed by atoms with Crippen LogP contribution in [-0.4, -0.2) is 82.4 Å². The van der Waals surface area contributed by atoms with Gasteiger partial charge in [-0.2, -0.15) is 0 Å². The maximum absolute atomic E-state index is 14.1. The molecule has 1 saturated carbocycles. The predicted molar refractivity (Wildman–Crippen MR) is 221 cm³/mol. The molecule has 5 unspecified atom stereocenters. The van der Waals surface area contributed by atoms with Crippen LogP contribution < -0.4 is 21.4 Å². The van der Waals surface area contributed by atoms with Crippen molar-refractivity contribution >= 4 is 50.3 Å². The summed E-state index contributed by atoms with van der Waals surface area (Å²) in [6.07, 6.45) is 10.8. The van der Waals surface area contributed by atoms with E-state index in [4.69, 9.17) is 19.6 Å². The van der Waals surface area contributed by atoms with Crippen molar-refractivity contribution in [2.75, 3.05) is 44.0 Å². The Kier molecular flexibility index (Phi) is 10.6. The Bertz CT molecular complexity index is 2180. The largest absolute Gasteiger partial charge is 0.481 e. The molecule has 0 bridgehead atoms. The van der Waals surface area contributed by atoms with Gasteiger partial charge in [0.2, 0.25) is 5.91 Å². The number of aliphatic hydroxyl groups is 1. The highest BCUT2D eigenvalue weighted by molar-refractivity contribution is 8.76. The van der Waals surface area contributed by atoms with Crippen molar-refractivity contribution in [1.82, 2.24) is 15.2 Å². The van der Waals surface area contributed by atoms with E-state index in [2.05, 4.69) is 16.4 Å². The number of ether oxygens (including phenoxy) is 2. The lowest BCUT2D eigenvalue weighted by Crippen LogP contribution is -2.64. The van der Waals surface area contributed by atoms with Crippen LogP contribution >= 0.6 is 21.6 Å². The van der Waals surface area contributed by atoms with E-state index in [1.807, 2.05) is 44.0 Å². The van der Waals surface area contributed by atoms with Gasteiger partial charge in [-0.15, -0.1) is 0 Å². The molecule has 2 fully saturated rings. The minimum absolute atomic E-state index is 0.00136. The second-order valence-electron chi connectivity index (χ2n) is 16.5. The second-order valence-corrected chi connectivity index (χ2v) is 19.1. The topological polar surface area (TPSA) is 157 Å². The summed E-state index contributed by atoms with van der Waals surface area (Å²) in [5, 5.41) is 14.1. The number of fused-ring (bicyclic) bond motifs is 7. The molecule has 5 aliphatic rings. The molecular weight excluding hydrogens is 749 g/mol. The fourth-order valence-corrected chi connectivity index (χ4v) is 12.6. The Labute approximate surface area is 335 Å². The van der Waals surface area contributed by atoms with E-state index in [0.29, 0.717) is 65.8 Å². The molecule has 5 atom stereocenters. The van der Waals surface area contributed by atoms with Crippen LogP contribution in [0.1, 0.15) is 87.5 Å². The van der Waals surface area contributed by atoms with Gasteiger partial charge in [-0.05, 0) is 82.0 Å². The molecule has 1 spiro atoms. The monoisotopic (exact) mass is 800 g/mol. The van der Waals surface area contributed by atoms with Crippen LogP contribution in [0.5, 0.6) is 5.75 Å². The van der Waals surface area contributed by atoms with E-state index >= 15 is 0 Å². The molecule has 8 rings (SSSR count). The number of benzene rings is 1. The fourth-order valence-electron chi connectivity index (χ4n) is 10.1. The van der Waals surface area contributed by atoms with Gasteiger partial charge in [-0.3, -0.25) is 4.79 Å². The van der Waals surface area contributed by atoms with Crippen molar-refractivity contribution in [3.05, 3.63) is 86.4 Å². The van der Waals surface area contributed by atoms with Crippen LogP contribution in [0.25, 0.3) is 11.0 Å². The number of allylic oxidation sites excluding steroid dienone is 1. The van der Waals surface area contributed by atoms with Crippen molar-refractivity contribution in [1.29, 1.82) is 0 Å². The van der Waals surface area contributed by atoms with Gasteiger partial charge < -0.3 is 34.9 Å². The number of amides is 1. The van der Waals surface area contributed by atoms with Crippen LogP contribution in [0.3, 0.4) is 0 Å². The summed E-state index contributed by atoms with van der Waals surface area (Å²) in [6.45, 7) is 7.06. The molecule has 3 aromatic rings. The number of nitrogen functional groups attached to an aromatic ring is 1. The lowest BCUT2D eigenvalue weighted by atomic mass is 9.61. The minimum atomic E-state index is -1.18. The van der Waals surface area contributed by atoms with E-state index in [-0.39, 0.29) is 30.6 Å². The lowest BCUT2D eigenvalue weighted by molar-refractivity contribution is -0.183. The summed E-state index contributed by atoms with van der Waals surface area (Å²) >= 11 is 0. The number of nitrogens with two attached hydrogens (primary N) is 1. The Morgan fingerprint density at radius 2 is 1.98 bits per heavy atom. The van der Waals surface area contributed by atoms with Crippen molar-refractivity contribution in [2.24, 2.45) is 5.92 Å². The second kappa shape index (κ2) is 15.2. The predicted octanol–water partition coefficient (Wildman–Crippen LogP) is 6.00. The van der Waals surface area contributed by atoms with E-state index < -0.39 is 28.5 Å². The smallest absolute Gasteiger partial charge is 0.340 e. The molecular formula is C43H52N4O7S2. The summed E-state index contributed by atoms with van der Waals surface area (Å²) in [5.74, 6) is 1.91. The first-order valence-corrected chi connectivity index (χ1v) is 22.3. The molecule has 5 heterocycles. The van der Waals surface area contributed by atoms with Crippen LogP contribution in [0.15, 0.2) is 63.0 Å². The summed E-state index contributed by atoms with van der Waals surface area (Å²) in [6, 6.07) is 7.81. The third-order valence-electron chi connectivity index (χ3n) is 13.3. The van der Waals surface area contributed by atoms with Gasteiger partial charge in [0.25, 0.3) is 0 Å². The van der Waals surface area contributed by atoms with Crippen LogP contribution in [0.2, 0.25) is 0 Å². The van der Waals surface area contributed by atoms with E-state index in [1.165, 1.54) is 0 Å². The average Bonchev–Trinajstić information content (AvgIpc) is 3.79. The lowest BCUT2D eigenvalue weighted by Gasteiger charge is -2.52. The summed E-state index contributed by atoms with van der Waals surface area (Å²) in [5.41, 5.74) is 8.45. The number of hydrogen-bond donors (Lipinski definition) is 3. The molecule has 3 aliphatic heterocycles. The van der Waals surface area contributed by atoms with Crippen molar-refractivity contribution in [3.63, 3.8) is 0 Å². The normalized spacial score (nSPS) is 28.6. The van der Waals surface area contributed by atoms with E-state index in [1.54, 1.807) is 46.9 Å². The number of nitrogens with one attached hydrogen (secondary N) is 1. The number of nitrogens with zero attached hydrogens (tertiary/aromatic N) is 2. The molecule has 1 saturated heterocycles. The Hall–Kier alpha value is -3.78. The molecule has 1 amide bonds. The molecule has 2 aromatic heterocycles. The van der Waals surface area contributed by atoms with Gasteiger partial charge >= 0.3 is 11.6 Å². The van der Waals surface area contributed by atoms with Gasteiger partial charge in [0.05, 0.1) is 12.3 Å². The first-order chi connectivity index (χ1) is 26.9. The van der Waals surface area contributed by atoms with Crippen molar-refractivity contribution < 1.29 is 28.6 Å². The molecule has 11 nitrogen and oxygen atoms in total. The number of esters is 1. The number of rotatable bonds is 7. The highest BCUT2D eigenvalue weighted by atomic mass is 33.1. The maximum Gasteiger partial charge on any atom is 0.340 e. The Balaban J connectivity index is 1.27. The summed E-state index contributed by atoms with van der Waals surface area (Å²) in [4.78, 5) is 48.1. The fraction of sp³-hybridized carbons (Fsp3) is 0.535. The highest BCUT2D eigenvalue weighted by Gasteiger charge is 2.64. The number of carbonyl (C=O) groups excluding carboxylic acids is 2. The molecule has 0 radical (unpaired) electrons. The molecule has 1 aromatic carbocycles. The molecule has 2 aliphatic carbocycles. The van der Waals surface area contributed by atoms with E-state index in [9.17, 15) is 19.5 Å². The third kappa shape index (κ3) is 6.56. The van der Waals surface area contributed by atoms with Gasteiger partial charge in [0.15, 0.2) is 11.2 Å². The van der Waals surface area contributed by atoms with Crippen molar-refractivity contribution in [2.45, 2.75) is 101 Å². The van der Waals surface area contributed by atoms with Crippen LogP contribution in [-0.2, 0) is 32.6 Å². The number of hydrogen-bond acceptors (Lipinski definition) is 12. The minimum Gasteiger partial charge on any atom is -0.481 e. The van der Waals surface area contributed by atoms with Gasteiger partial charge in [0.1, 0.15) is 17.2 Å². The number of anilines is 1. The quantitative estimate of drug-likeness (QED) is 0.0843. The molecule has 13 heteroatoms. The van der Waals surface area contributed by atoms with Crippen LogP contribution in [0.4, 0.5) is 5.82 Å². The number of aliphatic hydroxyl groups excluding tert-OH is 1. The molecule has 298 valence electrons. The van der Waals surface area contributed by atoms with Gasteiger partial charge in [-0.25, -0.2) is 14.6 Å². The highest BCUT2D eigenvalue weighted by Crippen LogP contribution is 2.58. The maximum atomic E-state index is 14.1. The number of carbonyl (C=O) groups is 2. The van der Waals surface area contributed by atoms with Crippen molar-refractivity contribution in [3.8, 4) is 5.75 Å². The first-order valence-electron chi connectivity index (χ1n) is 19.8. The van der Waals surface area contributed by atoms with E-state index in [0.717, 1.165) is 65.6 Å². The Morgan fingerprint density at radius 1 is 1.18 bits per heavy atom. The summed E-state index contributed by atoms with van der Waals surface area (Å²) < 4.78 is 20.0. The molecule has 4 N–H and O–H groups in total. The number of pyridine rings is 1. The summed E-state index contributed by atoms with van der Waals surface area (Å²) in [7, 11) is 5.50. The van der Waals surface area contributed by atoms with Gasteiger partial charge in [-0.1, -0.05) is 52.2 Å². The zero-order valence-electron chi connectivity index (χ0n) is 32.7. The zero-order chi connectivity index (χ0) is 39.4. The zero-order valence-corrected chi connectivity index (χ0v) is 34.3. The van der Waals surface area contributed by atoms with Crippen LogP contribution in [0, 0.1) is 5.92 Å². The average molecular weight is 801 g/mol. The third-order valence-corrected chi connectivity index (χ3v) is 15.7. The first kappa shape index (κ1) is 39.1. The standard InChI is InChI=1S/C43H52N4O7S2/c1-5-25(2)39(50)54-41(3)11-8-26-23-55-56-24-33-30(20-45-4)22-47(33)37(49)16-29-21-46-36(44)17-31(29)38(26)43(41)19-28-14-27-15-32(42(12-13-48)9-6-7-10-42)40(51)52-34(27)18-35(28)53-43/h5,8,14-15,17-18,21,30,33,38,45,48H,6-7,9-13,16,19-20,22-24H2,1-4H3,(H2,44,46). The van der Waals surface area contributed by atoms with Gasteiger partial charge in [0, 0.05) is 90.2 Å². The Morgan fingerprint density at radius 3 is 2.73 bits per heavy atom. The molecule has 56 heavy (non-hydrogen) atoms. The SMILES string of the molecule is CC=C(C)C(=O)OC1(C)CC=C2CSSCC3C(CNC)CN3C(=O)Cc3cnc(N)cc3C2C12Cc1cc3cc(C4(CCO)CCCC4)c(=O)oc3cc1O2.